The van der Waals surface area contributed by atoms with Gasteiger partial charge in [-0.05, 0) is 76.0 Å². The molecule has 0 aliphatic carbocycles. The van der Waals surface area contributed by atoms with Gasteiger partial charge in [0.25, 0.3) is 5.91 Å². The lowest BCUT2D eigenvalue weighted by molar-refractivity contribution is 0.102. The van der Waals surface area contributed by atoms with E-state index in [1.165, 1.54) is 12.1 Å². The van der Waals surface area contributed by atoms with Crippen LogP contribution in [-0.2, 0) is 0 Å². The second-order valence-corrected chi connectivity index (χ2v) is 7.68. The van der Waals surface area contributed by atoms with Crippen LogP contribution in [0.1, 0.15) is 10.4 Å². The quantitative estimate of drug-likeness (QED) is 0.387. The normalized spacial score (nSPS) is 10.6. The van der Waals surface area contributed by atoms with Crippen molar-refractivity contribution in [3.63, 3.8) is 0 Å². The average Bonchev–Trinajstić information content (AvgIpc) is 3.33. The molecule has 0 unspecified atom stereocenters. The van der Waals surface area contributed by atoms with Crippen molar-refractivity contribution in [1.29, 1.82) is 0 Å². The van der Waals surface area contributed by atoms with E-state index in [0.29, 0.717) is 30.2 Å². The van der Waals surface area contributed by atoms with Crippen molar-refractivity contribution >= 4 is 22.9 Å². The van der Waals surface area contributed by atoms with E-state index < -0.39 is 0 Å². The highest BCUT2D eigenvalue weighted by Gasteiger charge is 2.13. The number of benzene rings is 3. The fraction of sp³-hybridized carbons (Fsp3) is 0.0800. The molecule has 156 valence electrons. The van der Waals surface area contributed by atoms with Gasteiger partial charge in [0.2, 0.25) is 0 Å². The maximum Gasteiger partial charge on any atom is 0.255 e. The van der Waals surface area contributed by atoms with Crippen molar-refractivity contribution in [3.8, 4) is 28.0 Å². The maximum absolute atomic E-state index is 13.2. The number of halogens is 1. The summed E-state index contributed by atoms with van der Waals surface area (Å²) in [7, 11) is 0. The zero-order valence-electron chi connectivity index (χ0n) is 16.7. The van der Waals surface area contributed by atoms with E-state index in [0.717, 1.165) is 22.3 Å². The van der Waals surface area contributed by atoms with Crippen molar-refractivity contribution in [2.45, 2.75) is 0 Å². The van der Waals surface area contributed by atoms with Crippen molar-refractivity contribution in [2.75, 3.05) is 18.5 Å². The zero-order valence-corrected chi connectivity index (χ0v) is 17.5. The van der Waals surface area contributed by atoms with Gasteiger partial charge in [0.1, 0.15) is 18.2 Å². The summed E-state index contributed by atoms with van der Waals surface area (Å²) in [6.45, 7) is 0.814. The Balaban J connectivity index is 1.58. The predicted octanol–water partition coefficient (Wildman–Crippen LogP) is 5.81. The first-order chi connectivity index (χ1) is 15.1. The van der Waals surface area contributed by atoms with Gasteiger partial charge in [0.05, 0.1) is 0 Å². The summed E-state index contributed by atoms with van der Waals surface area (Å²) in [5.74, 6) is 0.186. The minimum absolute atomic E-state index is 0.224. The minimum atomic E-state index is -0.284. The Labute approximate surface area is 184 Å². The monoisotopic (exact) mass is 432 g/mol. The van der Waals surface area contributed by atoms with E-state index in [1.807, 2.05) is 47.2 Å². The van der Waals surface area contributed by atoms with Crippen LogP contribution in [-0.4, -0.2) is 19.1 Å². The molecule has 4 nitrogen and oxygen atoms in total. The molecule has 0 spiro atoms. The largest absolute Gasteiger partial charge is 0.492 e. The molecule has 0 atom stereocenters. The van der Waals surface area contributed by atoms with Crippen molar-refractivity contribution in [2.24, 2.45) is 5.73 Å². The van der Waals surface area contributed by atoms with Gasteiger partial charge in [-0.1, -0.05) is 24.3 Å². The lowest BCUT2D eigenvalue weighted by Crippen LogP contribution is -2.13. The zero-order chi connectivity index (χ0) is 21.6. The van der Waals surface area contributed by atoms with Crippen LogP contribution in [0.5, 0.6) is 5.75 Å². The van der Waals surface area contributed by atoms with Crippen molar-refractivity contribution in [1.82, 2.24) is 0 Å². The summed E-state index contributed by atoms with van der Waals surface area (Å²) >= 11 is 1.58. The van der Waals surface area contributed by atoms with E-state index in [2.05, 4.69) is 5.32 Å². The summed E-state index contributed by atoms with van der Waals surface area (Å²) < 4.78 is 19.0. The molecule has 0 bridgehead atoms. The molecule has 6 heteroatoms. The summed E-state index contributed by atoms with van der Waals surface area (Å²) in [4.78, 5) is 12.9. The number of carbonyl (C=O) groups is 1. The fourth-order valence-corrected chi connectivity index (χ4v) is 3.89. The lowest BCUT2D eigenvalue weighted by Gasteiger charge is -2.13. The van der Waals surface area contributed by atoms with Crippen molar-refractivity contribution in [3.05, 3.63) is 94.9 Å². The van der Waals surface area contributed by atoms with Gasteiger partial charge in [-0.15, -0.1) is 0 Å². The van der Waals surface area contributed by atoms with Crippen LogP contribution < -0.4 is 15.8 Å². The maximum atomic E-state index is 13.2. The molecule has 0 aliphatic rings. The number of amides is 1. The number of thiophene rings is 1. The van der Waals surface area contributed by atoms with Crippen LogP contribution >= 0.6 is 11.3 Å². The molecule has 0 saturated carbocycles. The van der Waals surface area contributed by atoms with Gasteiger partial charge in [-0.3, -0.25) is 4.79 Å². The summed E-state index contributed by atoms with van der Waals surface area (Å²) in [5.41, 5.74) is 10.4. The van der Waals surface area contributed by atoms with Gasteiger partial charge in [0, 0.05) is 23.4 Å². The SMILES string of the molecule is NCCOc1ccc(C(=O)Nc2cccc(-c3ccc(F)cc3)c2)cc1-c1ccsc1. The highest BCUT2D eigenvalue weighted by Crippen LogP contribution is 2.33. The third kappa shape index (κ3) is 4.99. The Kier molecular flexibility index (Phi) is 6.40. The minimum Gasteiger partial charge on any atom is -0.492 e. The number of rotatable bonds is 7. The van der Waals surface area contributed by atoms with E-state index in [-0.39, 0.29) is 11.7 Å². The summed E-state index contributed by atoms with van der Waals surface area (Å²) in [6.07, 6.45) is 0. The number of hydrogen-bond acceptors (Lipinski definition) is 4. The van der Waals surface area contributed by atoms with Crippen LogP contribution in [0.4, 0.5) is 10.1 Å². The number of nitrogens with one attached hydrogen (secondary N) is 1. The second-order valence-electron chi connectivity index (χ2n) is 6.90. The predicted molar refractivity (Wildman–Crippen MR) is 124 cm³/mol. The molecule has 0 aliphatic heterocycles. The third-order valence-electron chi connectivity index (χ3n) is 4.75. The van der Waals surface area contributed by atoms with E-state index in [1.54, 1.807) is 35.6 Å². The topological polar surface area (TPSA) is 64.3 Å². The van der Waals surface area contributed by atoms with Gasteiger partial charge in [0.15, 0.2) is 0 Å². The molecule has 0 saturated heterocycles. The number of hydrogen-bond donors (Lipinski definition) is 2. The highest BCUT2D eigenvalue weighted by molar-refractivity contribution is 7.08. The Morgan fingerprint density at radius 2 is 1.81 bits per heavy atom. The Hall–Kier alpha value is -3.48. The molecule has 0 radical (unpaired) electrons. The number of ether oxygens (including phenoxy) is 1. The van der Waals surface area contributed by atoms with Crippen LogP contribution in [0.15, 0.2) is 83.6 Å². The van der Waals surface area contributed by atoms with Gasteiger partial charge >= 0.3 is 0 Å². The molecular weight excluding hydrogens is 411 g/mol. The Bertz CT molecular complexity index is 1170. The molecule has 0 fully saturated rings. The van der Waals surface area contributed by atoms with Gasteiger partial charge in [-0.25, -0.2) is 4.39 Å². The standard InChI is InChI=1S/C25H21FN2O2S/c26-21-7-4-17(5-8-21)18-2-1-3-22(14-18)28-25(29)19-6-9-24(30-12-11-27)23(15-19)20-10-13-31-16-20/h1-10,13-16H,11-12,27H2,(H,28,29). The van der Waals surface area contributed by atoms with E-state index >= 15 is 0 Å². The van der Waals surface area contributed by atoms with Gasteiger partial charge in [-0.2, -0.15) is 11.3 Å². The third-order valence-corrected chi connectivity index (χ3v) is 5.43. The number of carbonyl (C=O) groups excluding carboxylic acids is 1. The van der Waals surface area contributed by atoms with Crippen molar-refractivity contribution < 1.29 is 13.9 Å². The van der Waals surface area contributed by atoms with Crippen LogP contribution in [0.25, 0.3) is 22.3 Å². The summed E-state index contributed by atoms with van der Waals surface area (Å²) in [6, 6.07) is 21.1. The Morgan fingerprint density at radius 3 is 2.55 bits per heavy atom. The smallest absolute Gasteiger partial charge is 0.255 e. The molecule has 1 heterocycles. The highest BCUT2D eigenvalue weighted by atomic mass is 32.1. The molecule has 3 aromatic carbocycles. The fourth-order valence-electron chi connectivity index (χ4n) is 3.23. The Morgan fingerprint density at radius 1 is 0.968 bits per heavy atom. The first-order valence-electron chi connectivity index (χ1n) is 9.81. The molecule has 1 amide bonds. The average molecular weight is 433 g/mol. The molecule has 4 aromatic rings. The van der Waals surface area contributed by atoms with Crippen LogP contribution in [0.2, 0.25) is 0 Å². The molecule has 4 rings (SSSR count). The lowest BCUT2D eigenvalue weighted by atomic mass is 10.0. The molecular formula is C25H21FN2O2S. The number of anilines is 1. The number of nitrogens with two attached hydrogens (primary N) is 1. The first kappa shape index (κ1) is 20.8. The molecule has 3 N–H and O–H groups in total. The van der Waals surface area contributed by atoms with Crippen LogP contribution in [0, 0.1) is 5.82 Å². The molecule has 1 aromatic heterocycles. The van der Waals surface area contributed by atoms with Crippen LogP contribution in [0.3, 0.4) is 0 Å². The van der Waals surface area contributed by atoms with Gasteiger partial charge < -0.3 is 15.8 Å². The second kappa shape index (κ2) is 9.55. The van der Waals surface area contributed by atoms with E-state index in [4.69, 9.17) is 10.5 Å². The molecule has 31 heavy (non-hydrogen) atoms. The van der Waals surface area contributed by atoms with E-state index in [9.17, 15) is 9.18 Å². The summed E-state index contributed by atoms with van der Waals surface area (Å²) in [5, 5.41) is 6.94. The first-order valence-corrected chi connectivity index (χ1v) is 10.7.